The van der Waals surface area contributed by atoms with Crippen LogP contribution in [0.3, 0.4) is 0 Å². The minimum absolute atomic E-state index is 0.223. The highest BCUT2D eigenvalue weighted by Gasteiger charge is 2.25. The Morgan fingerprint density at radius 2 is 2.40 bits per heavy atom. The lowest BCUT2D eigenvalue weighted by Gasteiger charge is -2.30. The summed E-state index contributed by atoms with van der Waals surface area (Å²) in [7, 11) is 0. The lowest BCUT2D eigenvalue weighted by Crippen LogP contribution is -2.32. The van der Waals surface area contributed by atoms with Gasteiger partial charge < -0.3 is 10.4 Å². The summed E-state index contributed by atoms with van der Waals surface area (Å²) in [4.78, 5) is 3.99. The zero-order valence-electron chi connectivity index (χ0n) is 8.49. The van der Waals surface area contributed by atoms with E-state index in [1.54, 1.807) is 12.4 Å². The standard InChI is InChI=1S/C11H15BrN2O/c12-9-6-13-5-4-10(9)14-7-11(15)8-2-1-3-8/h4-6,8,11,15H,1-3,7H2,(H,13,14). The molecule has 0 bridgehead atoms. The van der Waals surface area contributed by atoms with Crippen molar-refractivity contribution in [2.24, 2.45) is 5.92 Å². The SMILES string of the molecule is OC(CNc1ccncc1Br)C1CCC1. The second kappa shape index (κ2) is 4.94. The molecular weight excluding hydrogens is 256 g/mol. The van der Waals surface area contributed by atoms with Crippen molar-refractivity contribution in [3.8, 4) is 0 Å². The van der Waals surface area contributed by atoms with E-state index in [-0.39, 0.29) is 6.10 Å². The van der Waals surface area contributed by atoms with Crippen LogP contribution >= 0.6 is 15.9 Å². The molecule has 4 heteroatoms. The Morgan fingerprint density at radius 3 is 3.00 bits per heavy atom. The summed E-state index contributed by atoms with van der Waals surface area (Å²) in [5.41, 5.74) is 0.989. The molecule has 1 atom stereocenters. The Kier molecular flexibility index (Phi) is 3.59. The second-order valence-corrected chi connectivity index (χ2v) is 4.85. The molecule has 0 amide bonds. The number of rotatable bonds is 4. The third-order valence-corrected chi connectivity index (χ3v) is 3.60. The molecule has 1 heterocycles. The van der Waals surface area contributed by atoms with Gasteiger partial charge in [0.05, 0.1) is 16.3 Å². The van der Waals surface area contributed by atoms with Gasteiger partial charge in [0.25, 0.3) is 0 Å². The van der Waals surface area contributed by atoms with E-state index in [1.807, 2.05) is 6.07 Å². The number of anilines is 1. The number of halogens is 1. The third kappa shape index (κ3) is 2.69. The third-order valence-electron chi connectivity index (χ3n) is 2.97. The monoisotopic (exact) mass is 270 g/mol. The van der Waals surface area contributed by atoms with E-state index < -0.39 is 0 Å². The first-order chi connectivity index (χ1) is 7.27. The summed E-state index contributed by atoms with van der Waals surface area (Å²) < 4.78 is 0.936. The van der Waals surface area contributed by atoms with Gasteiger partial charge in [0.15, 0.2) is 0 Å². The van der Waals surface area contributed by atoms with Crippen molar-refractivity contribution in [1.82, 2.24) is 4.98 Å². The molecule has 1 aromatic heterocycles. The lowest BCUT2D eigenvalue weighted by atomic mass is 9.81. The van der Waals surface area contributed by atoms with Gasteiger partial charge in [-0.3, -0.25) is 4.98 Å². The highest BCUT2D eigenvalue weighted by molar-refractivity contribution is 9.10. The molecule has 0 aliphatic heterocycles. The van der Waals surface area contributed by atoms with Crippen LogP contribution in [-0.4, -0.2) is 22.7 Å². The van der Waals surface area contributed by atoms with E-state index in [1.165, 1.54) is 19.3 Å². The zero-order valence-corrected chi connectivity index (χ0v) is 10.1. The normalized spacial score (nSPS) is 18.3. The van der Waals surface area contributed by atoms with Crippen LogP contribution in [0.25, 0.3) is 0 Å². The zero-order chi connectivity index (χ0) is 10.7. The predicted octanol–water partition coefficient (Wildman–Crippen LogP) is 2.42. The average molecular weight is 271 g/mol. The van der Waals surface area contributed by atoms with Crippen molar-refractivity contribution in [3.05, 3.63) is 22.9 Å². The van der Waals surface area contributed by atoms with Crippen LogP contribution in [0.4, 0.5) is 5.69 Å². The van der Waals surface area contributed by atoms with E-state index >= 15 is 0 Å². The van der Waals surface area contributed by atoms with Crippen LogP contribution in [-0.2, 0) is 0 Å². The van der Waals surface area contributed by atoms with Crippen LogP contribution in [0.5, 0.6) is 0 Å². The largest absolute Gasteiger partial charge is 0.391 e. The molecule has 0 radical (unpaired) electrons. The van der Waals surface area contributed by atoms with Crippen molar-refractivity contribution >= 4 is 21.6 Å². The highest BCUT2D eigenvalue weighted by atomic mass is 79.9. The number of aromatic nitrogens is 1. The molecule has 1 fully saturated rings. The van der Waals surface area contributed by atoms with Gasteiger partial charge >= 0.3 is 0 Å². The number of nitrogens with zero attached hydrogens (tertiary/aromatic N) is 1. The predicted molar refractivity (Wildman–Crippen MR) is 63.8 cm³/mol. The molecule has 0 aromatic carbocycles. The van der Waals surface area contributed by atoms with Crippen molar-refractivity contribution in [2.45, 2.75) is 25.4 Å². The number of nitrogens with one attached hydrogen (secondary N) is 1. The topological polar surface area (TPSA) is 45.1 Å². The Balaban J connectivity index is 1.84. The Labute approximate surface area is 98.0 Å². The maximum absolute atomic E-state index is 9.83. The molecule has 0 saturated heterocycles. The molecule has 1 aliphatic rings. The number of hydrogen-bond donors (Lipinski definition) is 2. The molecule has 2 rings (SSSR count). The molecule has 1 aromatic rings. The molecule has 0 spiro atoms. The van der Waals surface area contributed by atoms with E-state index in [9.17, 15) is 5.11 Å². The van der Waals surface area contributed by atoms with E-state index in [4.69, 9.17) is 0 Å². The molecule has 1 aliphatic carbocycles. The van der Waals surface area contributed by atoms with Crippen LogP contribution < -0.4 is 5.32 Å². The molecular formula is C11H15BrN2O. The molecule has 82 valence electrons. The minimum Gasteiger partial charge on any atom is -0.391 e. The van der Waals surface area contributed by atoms with E-state index in [0.29, 0.717) is 12.5 Å². The highest BCUT2D eigenvalue weighted by Crippen LogP contribution is 2.30. The first kappa shape index (κ1) is 10.9. The van der Waals surface area contributed by atoms with Crippen molar-refractivity contribution in [2.75, 3.05) is 11.9 Å². The summed E-state index contributed by atoms with van der Waals surface area (Å²) in [5, 5.41) is 13.1. The van der Waals surface area contributed by atoms with Gasteiger partial charge in [0.1, 0.15) is 0 Å². The van der Waals surface area contributed by atoms with Crippen LogP contribution in [0, 0.1) is 5.92 Å². The average Bonchev–Trinajstić information content (AvgIpc) is 2.14. The van der Waals surface area contributed by atoms with Crippen molar-refractivity contribution < 1.29 is 5.11 Å². The fraction of sp³-hybridized carbons (Fsp3) is 0.545. The van der Waals surface area contributed by atoms with Gasteiger partial charge in [-0.25, -0.2) is 0 Å². The van der Waals surface area contributed by atoms with Crippen LogP contribution in [0.1, 0.15) is 19.3 Å². The number of aliphatic hydroxyl groups excluding tert-OH is 1. The maximum atomic E-state index is 9.83. The van der Waals surface area contributed by atoms with Crippen LogP contribution in [0.2, 0.25) is 0 Å². The van der Waals surface area contributed by atoms with E-state index in [0.717, 1.165) is 10.2 Å². The Hall–Kier alpha value is -0.610. The number of pyridine rings is 1. The van der Waals surface area contributed by atoms with E-state index in [2.05, 4.69) is 26.2 Å². The number of aliphatic hydroxyl groups is 1. The van der Waals surface area contributed by atoms with Crippen molar-refractivity contribution in [1.29, 1.82) is 0 Å². The lowest BCUT2D eigenvalue weighted by molar-refractivity contribution is 0.0729. The minimum atomic E-state index is -0.223. The summed E-state index contributed by atoms with van der Waals surface area (Å²) in [6.45, 7) is 0.618. The molecule has 15 heavy (non-hydrogen) atoms. The smallest absolute Gasteiger partial charge is 0.0740 e. The van der Waals surface area contributed by atoms with Gasteiger partial charge in [0, 0.05) is 18.9 Å². The fourth-order valence-electron chi connectivity index (χ4n) is 1.72. The quantitative estimate of drug-likeness (QED) is 0.884. The van der Waals surface area contributed by atoms with Gasteiger partial charge in [-0.05, 0) is 40.8 Å². The summed E-state index contributed by atoms with van der Waals surface area (Å²) in [5.74, 6) is 0.498. The van der Waals surface area contributed by atoms with Gasteiger partial charge in [0.2, 0.25) is 0 Å². The summed E-state index contributed by atoms with van der Waals surface area (Å²) in [6, 6.07) is 1.90. The fourth-order valence-corrected chi connectivity index (χ4v) is 2.11. The first-order valence-electron chi connectivity index (χ1n) is 5.29. The summed E-state index contributed by atoms with van der Waals surface area (Å²) in [6.07, 6.45) is 6.86. The van der Waals surface area contributed by atoms with Gasteiger partial charge in [-0.15, -0.1) is 0 Å². The molecule has 1 saturated carbocycles. The van der Waals surface area contributed by atoms with Crippen LogP contribution in [0.15, 0.2) is 22.9 Å². The Bertz CT molecular complexity index is 328. The van der Waals surface area contributed by atoms with Crippen molar-refractivity contribution in [3.63, 3.8) is 0 Å². The maximum Gasteiger partial charge on any atom is 0.0740 e. The molecule has 1 unspecified atom stereocenters. The number of hydrogen-bond acceptors (Lipinski definition) is 3. The first-order valence-corrected chi connectivity index (χ1v) is 6.08. The second-order valence-electron chi connectivity index (χ2n) is 3.99. The van der Waals surface area contributed by atoms with Gasteiger partial charge in [-0.2, -0.15) is 0 Å². The Morgan fingerprint density at radius 1 is 1.60 bits per heavy atom. The molecule has 2 N–H and O–H groups in total. The summed E-state index contributed by atoms with van der Waals surface area (Å²) >= 11 is 3.41. The van der Waals surface area contributed by atoms with Gasteiger partial charge in [-0.1, -0.05) is 6.42 Å². The molecule has 3 nitrogen and oxygen atoms in total.